The number of aromatic nitrogens is 3. The number of rotatable bonds is 2. The van der Waals surface area contributed by atoms with Gasteiger partial charge in [0.25, 0.3) is 0 Å². The van der Waals surface area contributed by atoms with Crippen molar-refractivity contribution in [1.82, 2.24) is 19.1 Å². The number of hydrogen-bond acceptors (Lipinski definition) is 3. The van der Waals surface area contributed by atoms with Crippen molar-refractivity contribution in [1.29, 1.82) is 0 Å². The first kappa shape index (κ1) is 9.59. The van der Waals surface area contributed by atoms with Crippen LogP contribution in [0, 0.1) is 0 Å². The molecule has 2 aromatic rings. The first-order valence-corrected chi connectivity index (χ1v) is 5.61. The number of hydrogen-bond donors (Lipinski definition) is 0. The second-order valence-corrected chi connectivity index (χ2v) is 4.18. The molecular formula is C11H14N4O. The fourth-order valence-corrected chi connectivity index (χ4v) is 2.17. The molecule has 2 aromatic heterocycles. The Hall–Kier alpha value is -1.62. The smallest absolute Gasteiger partial charge is 0.284 e. The van der Waals surface area contributed by atoms with Crippen molar-refractivity contribution in [2.24, 2.45) is 0 Å². The van der Waals surface area contributed by atoms with Crippen molar-refractivity contribution in [3.63, 3.8) is 0 Å². The Morgan fingerprint density at radius 2 is 2.06 bits per heavy atom. The highest BCUT2D eigenvalue weighted by Gasteiger charge is 2.14. The average Bonchev–Trinajstić information content (AvgIpc) is 2.90. The van der Waals surface area contributed by atoms with Gasteiger partial charge in [-0.3, -0.25) is 9.30 Å². The number of nitrogens with zero attached hydrogens (tertiary/aromatic N) is 4. The molecule has 0 N–H and O–H groups in total. The van der Waals surface area contributed by atoms with E-state index in [1.807, 2.05) is 18.2 Å². The van der Waals surface area contributed by atoms with Crippen molar-refractivity contribution in [2.75, 3.05) is 13.1 Å². The third-order valence-electron chi connectivity index (χ3n) is 3.02. The van der Waals surface area contributed by atoms with Gasteiger partial charge < -0.3 is 0 Å². The quantitative estimate of drug-likeness (QED) is 0.739. The molecule has 3 heterocycles. The van der Waals surface area contributed by atoms with E-state index < -0.39 is 0 Å². The lowest BCUT2D eigenvalue weighted by Crippen LogP contribution is -2.30. The zero-order valence-electron chi connectivity index (χ0n) is 9.04. The van der Waals surface area contributed by atoms with E-state index in [0.29, 0.717) is 12.3 Å². The van der Waals surface area contributed by atoms with Gasteiger partial charge in [0, 0.05) is 6.20 Å². The number of fused-ring (bicyclic) bond motifs is 1. The van der Waals surface area contributed by atoms with Crippen LogP contribution in [0.1, 0.15) is 12.8 Å². The fraction of sp³-hybridized carbons (Fsp3) is 0.455. The molecule has 0 atom stereocenters. The van der Waals surface area contributed by atoms with E-state index >= 15 is 0 Å². The summed E-state index contributed by atoms with van der Waals surface area (Å²) >= 11 is 0. The summed E-state index contributed by atoms with van der Waals surface area (Å²) in [7, 11) is 0. The van der Waals surface area contributed by atoms with Crippen LogP contribution in [0.3, 0.4) is 0 Å². The fourth-order valence-electron chi connectivity index (χ4n) is 2.17. The van der Waals surface area contributed by atoms with Crippen LogP contribution in [-0.2, 0) is 6.67 Å². The summed E-state index contributed by atoms with van der Waals surface area (Å²) in [5.74, 6) is 0. The molecule has 1 aliphatic heterocycles. The van der Waals surface area contributed by atoms with Gasteiger partial charge in [0.15, 0.2) is 5.65 Å². The van der Waals surface area contributed by atoms with Gasteiger partial charge in [-0.25, -0.2) is 4.79 Å². The Kier molecular flexibility index (Phi) is 2.25. The average molecular weight is 218 g/mol. The summed E-state index contributed by atoms with van der Waals surface area (Å²) in [4.78, 5) is 14.2. The molecule has 0 aliphatic carbocycles. The second-order valence-electron chi connectivity index (χ2n) is 4.18. The Labute approximate surface area is 92.9 Å². The zero-order valence-corrected chi connectivity index (χ0v) is 9.04. The number of pyridine rings is 1. The normalized spacial score (nSPS) is 17.2. The summed E-state index contributed by atoms with van der Waals surface area (Å²) in [5.41, 5.74) is 0.661. The van der Waals surface area contributed by atoms with E-state index in [9.17, 15) is 4.79 Å². The van der Waals surface area contributed by atoms with Crippen LogP contribution < -0.4 is 5.69 Å². The third-order valence-corrected chi connectivity index (χ3v) is 3.02. The predicted molar refractivity (Wildman–Crippen MR) is 60.3 cm³/mol. The first-order chi connectivity index (χ1) is 7.84. The van der Waals surface area contributed by atoms with Gasteiger partial charge in [0.2, 0.25) is 0 Å². The van der Waals surface area contributed by atoms with Crippen LogP contribution in [0.15, 0.2) is 29.2 Å². The van der Waals surface area contributed by atoms with Gasteiger partial charge in [-0.2, -0.15) is 4.68 Å². The van der Waals surface area contributed by atoms with Gasteiger partial charge in [-0.15, -0.1) is 5.10 Å². The largest absolute Gasteiger partial charge is 0.351 e. The van der Waals surface area contributed by atoms with Crippen LogP contribution in [0.5, 0.6) is 0 Å². The molecule has 0 radical (unpaired) electrons. The minimum atomic E-state index is -0.0532. The van der Waals surface area contributed by atoms with Crippen molar-refractivity contribution in [2.45, 2.75) is 19.5 Å². The van der Waals surface area contributed by atoms with E-state index in [1.54, 1.807) is 15.3 Å². The molecule has 0 saturated carbocycles. The maximum atomic E-state index is 12.0. The summed E-state index contributed by atoms with van der Waals surface area (Å²) in [6.07, 6.45) is 4.20. The summed E-state index contributed by atoms with van der Waals surface area (Å²) in [6, 6.07) is 5.58. The van der Waals surface area contributed by atoms with Crippen molar-refractivity contribution < 1.29 is 0 Å². The number of likely N-dealkylation sites (tertiary alicyclic amines) is 1. The maximum absolute atomic E-state index is 12.0. The van der Waals surface area contributed by atoms with Crippen LogP contribution in [-0.4, -0.2) is 32.2 Å². The highest BCUT2D eigenvalue weighted by atomic mass is 16.2. The molecule has 3 rings (SSSR count). The molecule has 0 bridgehead atoms. The Bertz CT molecular complexity index is 550. The van der Waals surface area contributed by atoms with Crippen LogP contribution in [0.25, 0.3) is 5.65 Å². The highest BCUT2D eigenvalue weighted by Crippen LogP contribution is 2.07. The molecule has 1 fully saturated rings. The van der Waals surface area contributed by atoms with Crippen molar-refractivity contribution in [3.8, 4) is 0 Å². The van der Waals surface area contributed by atoms with Gasteiger partial charge in [0.05, 0.1) is 6.67 Å². The van der Waals surface area contributed by atoms with Crippen LogP contribution in [0.4, 0.5) is 0 Å². The third kappa shape index (κ3) is 1.53. The van der Waals surface area contributed by atoms with Gasteiger partial charge in [-0.1, -0.05) is 6.07 Å². The molecule has 0 amide bonds. The maximum Gasteiger partial charge on any atom is 0.351 e. The van der Waals surface area contributed by atoms with Crippen LogP contribution in [0.2, 0.25) is 0 Å². The lowest BCUT2D eigenvalue weighted by Gasteiger charge is -2.12. The van der Waals surface area contributed by atoms with Gasteiger partial charge in [-0.05, 0) is 38.1 Å². The minimum absolute atomic E-state index is 0.0532. The molecule has 5 nitrogen and oxygen atoms in total. The van der Waals surface area contributed by atoms with E-state index in [0.717, 1.165) is 13.1 Å². The molecule has 16 heavy (non-hydrogen) atoms. The zero-order chi connectivity index (χ0) is 11.0. The molecular weight excluding hydrogens is 204 g/mol. The topological polar surface area (TPSA) is 42.5 Å². The van der Waals surface area contributed by atoms with Crippen molar-refractivity contribution in [3.05, 3.63) is 34.9 Å². The SMILES string of the molecule is O=c1n(CN2CCCC2)nc2ccccn12. The molecule has 0 aromatic carbocycles. The molecule has 1 aliphatic rings. The Morgan fingerprint density at radius 3 is 2.81 bits per heavy atom. The van der Waals surface area contributed by atoms with E-state index in [4.69, 9.17) is 0 Å². The second kappa shape index (κ2) is 3.75. The molecule has 1 saturated heterocycles. The lowest BCUT2D eigenvalue weighted by atomic mass is 10.4. The van der Waals surface area contributed by atoms with E-state index in [1.165, 1.54) is 12.8 Å². The Balaban J connectivity index is 1.97. The van der Waals surface area contributed by atoms with Crippen LogP contribution >= 0.6 is 0 Å². The summed E-state index contributed by atoms with van der Waals surface area (Å²) in [5, 5.41) is 4.30. The highest BCUT2D eigenvalue weighted by molar-refractivity contribution is 5.35. The monoisotopic (exact) mass is 218 g/mol. The lowest BCUT2D eigenvalue weighted by molar-refractivity contribution is 0.251. The van der Waals surface area contributed by atoms with E-state index in [-0.39, 0.29) is 5.69 Å². The van der Waals surface area contributed by atoms with Gasteiger partial charge in [0.1, 0.15) is 0 Å². The van der Waals surface area contributed by atoms with Gasteiger partial charge >= 0.3 is 5.69 Å². The standard InChI is InChI=1S/C11H14N4O/c16-11-14-8-2-1-5-10(14)12-15(11)9-13-6-3-4-7-13/h1-2,5,8H,3-4,6-7,9H2. The predicted octanol–water partition coefficient (Wildman–Crippen LogP) is 0.549. The molecule has 0 unspecified atom stereocenters. The van der Waals surface area contributed by atoms with Crippen molar-refractivity contribution >= 4 is 5.65 Å². The first-order valence-electron chi connectivity index (χ1n) is 5.61. The van der Waals surface area contributed by atoms with E-state index in [2.05, 4.69) is 10.00 Å². The summed E-state index contributed by atoms with van der Waals surface area (Å²) in [6.45, 7) is 2.75. The molecule has 5 heteroatoms. The molecule has 0 spiro atoms. The molecule has 84 valence electrons. The summed E-state index contributed by atoms with van der Waals surface area (Å²) < 4.78 is 3.12. The minimum Gasteiger partial charge on any atom is -0.284 e. The Morgan fingerprint density at radius 1 is 1.25 bits per heavy atom.